The molecule has 1 fully saturated rings. The topological polar surface area (TPSA) is 148 Å². The summed E-state index contributed by atoms with van der Waals surface area (Å²) in [5.74, 6) is -0.443. The van der Waals surface area contributed by atoms with E-state index in [-0.39, 0.29) is 42.0 Å². The number of benzene rings is 3. The monoisotopic (exact) mass is 652 g/mol. The van der Waals surface area contributed by atoms with Crippen molar-refractivity contribution in [2.75, 3.05) is 31.3 Å². The number of ether oxygens (including phenoxy) is 2. The number of rotatable bonds is 14. The molecule has 1 saturated carbocycles. The van der Waals surface area contributed by atoms with Gasteiger partial charge in [0.15, 0.2) is 0 Å². The lowest BCUT2D eigenvalue weighted by Gasteiger charge is -2.35. The molecule has 1 unspecified atom stereocenters. The lowest BCUT2D eigenvalue weighted by molar-refractivity contribution is -0.384. The minimum Gasteiger partial charge on any atom is -0.497 e. The van der Waals surface area contributed by atoms with E-state index in [0.717, 1.165) is 54.3 Å². The first-order valence-corrected chi connectivity index (χ1v) is 16.9. The minimum atomic E-state index is -4.17. The average Bonchev–Trinajstić information content (AvgIpc) is 3.05. The van der Waals surface area contributed by atoms with Crippen LogP contribution >= 0.6 is 0 Å². The van der Waals surface area contributed by atoms with Crippen LogP contribution in [0, 0.1) is 10.1 Å². The molecule has 3 aromatic carbocycles. The largest absolute Gasteiger partial charge is 0.497 e. The van der Waals surface area contributed by atoms with Gasteiger partial charge in [-0.25, -0.2) is 8.42 Å². The van der Waals surface area contributed by atoms with Gasteiger partial charge in [0, 0.05) is 31.1 Å². The number of nitro benzene ring substituents is 1. The standard InChI is InChI=1S/C33H40N4O8S/c1-44-28-16-10-13-25(19-28)22-35(30(20-24-11-6-4-7-12-24)33(39)34-26-14-8-5-9-15-26)32(38)23-36(46(3,42)43)29-21-27(37(40)41)17-18-31(29)45-2/h4,6-7,10-13,16-19,21,26,30H,5,8-9,14-15,20,22-23H2,1-3H3,(H,34,39). The first kappa shape index (κ1) is 34.2. The molecular weight excluding hydrogens is 612 g/mol. The molecule has 1 atom stereocenters. The van der Waals surface area contributed by atoms with E-state index in [1.165, 1.54) is 31.3 Å². The van der Waals surface area contributed by atoms with Crippen molar-refractivity contribution < 1.29 is 32.4 Å². The summed E-state index contributed by atoms with van der Waals surface area (Å²) in [6, 6.07) is 18.8. The molecular formula is C33H40N4O8S. The van der Waals surface area contributed by atoms with Crippen LogP contribution in [0.2, 0.25) is 0 Å². The Morgan fingerprint density at radius 3 is 2.28 bits per heavy atom. The summed E-state index contributed by atoms with van der Waals surface area (Å²) in [4.78, 5) is 40.8. The third kappa shape index (κ3) is 8.96. The van der Waals surface area contributed by atoms with Gasteiger partial charge in [-0.2, -0.15) is 0 Å². The van der Waals surface area contributed by atoms with Gasteiger partial charge in [-0.3, -0.25) is 24.0 Å². The van der Waals surface area contributed by atoms with E-state index in [0.29, 0.717) is 11.3 Å². The van der Waals surface area contributed by atoms with E-state index in [1.54, 1.807) is 24.3 Å². The molecule has 0 aliphatic heterocycles. The van der Waals surface area contributed by atoms with Crippen molar-refractivity contribution in [2.24, 2.45) is 0 Å². The van der Waals surface area contributed by atoms with Crippen LogP contribution in [0.4, 0.5) is 11.4 Å². The van der Waals surface area contributed by atoms with Crippen molar-refractivity contribution in [1.82, 2.24) is 10.2 Å². The highest BCUT2D eigenvalue weighted by molar-refractivity contribution is 7.92. The molecule has 1 N–H and O–H groups in total. The first-order chi connectivity index (χ1) is 22.0. The summed E-state index contributed by atoms with van der Waals surface area (Å²) in [5.41, 5.74) is 0.934. The van der Waals surface area contributed by atoms with E-state index in [2.05, 4.69) is 5.32 Å². The Labute approximate surface area is 269 Å². The van der Waals surface area contributed by atoms with E-state index in [1.807, 2.05) is 30.3 Å². The van der Waals surface area contributed by atoms with Crippen LogP contribution in [-0.2, 0) is 32.6 Å². The Kier molecular flexibility index (Phi) is 11.6. The Morgan fingerprint density at radius 1 is 0.957 bits per heavy atom. The quantitative estimate of drug-likeness (QED) is 0.198. The Hall–Kier alpha value is -4.65. The lowest BCUT2D eigenvalue weighted by atomic mass is 9.94. The SMILES string of the molecule is COc1cccc(CN(C(=O)CN(c2cc([N+](=O)[O-])ccc2OC)S(C)(=O)=O)C(Cc2ccccc2)C(=O)NC2CCCCC2)c1. The summed E-state index contributed by atoms with van der Waals surface area (Å²) in [6.07, 6.45) is 5.84. The molecule has 3 aromatic rings. The van der Waals surface area contributed by atoms with E-state index in [9.17, 15) is 28.1 Å². The molecule has 0 aromatic heterocycles. The van der Waals surface area contributed by atoms with Gasteiger partial charge in [0.25, 0.3) is 5.69 Å². The number of non-ortho nitro benzene ring substituents is 1. The van der Waals surface area contributed by atoms with Crippen LogP contribution in [-0.4, -0.2) is 69.2 Å². The number of sulfonamides is 1. The fraction of sp³-hybridized carbons (Fsp3) is 0.394. The van der Waals surface area contributed by atoms with Gasteiger partial charge in [-0.1, -0.05) is 61.7 Å². The summed E-state index contributed by atoms with van der Waals surface area (Å²) in [5, 5.41) is 14.7. The van der Waals surface area contributed by atoms with Gasteiger partial charge in [-0.05, 0) is 42.2 Å². The third-order valence-electron chi connectivity index (χ3n) is 8.03. The molecule has 46 heavy (non-hydrogen) atoms. The van der Waals surface area contributed by atoms with Crippen LogP contribution in [0.15, 0.2) is 72.8 Å². The number of carbonyl (C=O) groups is 2. The number of hydrogen-bond donors (Lipinski definition) is 1. The molecule has 13 heteroatoms. The summed E-state index contributed by atoms with van der Waals surface area (Å²) < 4.78 is 37.8. The third-order valence-corrected chi connectivity index (χ3v) is 9.16. The zero-order valence-electron chi connectivity index (χ0n) is 26.3. The second kappa shape index (κ2) is 15.6. The highest BCUT2D eigenvalue weighted by Gasteiger charge is 2.35. The molecule has 1 aliphatic rings. The van der Waals surface area contributed by atoms with Crippen LogP contribution in [0.1, 0.15) is 43.2 Å². The Bertz CT molecular complexity index is 1630. The highest BCUT2D eigenvalue weighted by Crippen LogP contribution is 2.34. The predicted molar refractivity (Wildman–Crippen MR) is 174 cm³/mol. The molecule has 1 aliphatic carbocycles. The average molecular weight is 653 g/mol. The normalized spacial score (nSPS) is 14.2. The smallest absolute Gasteiger partial charge is 0.271 e. The molecule has 12 nitrogen and oxygen atoms in total. The molecule has 0 bridgehead atoms. The first-order valence-electron chi connectivity index (χ1n) is 15.1. The zero-order valence-corrected chi connectivity index (χ0v) is 27.1. The summed E-state index contributed by atoms with van der Waals surface area (Å²) in [7, 11) is -1.35. The van der Waals surface area contributed by atoms with Crippen molar-refractivity contribution in [3.63, 3.8) is 0 Å². The number of carbonyl (C=O) groups excluding carboxylic acids is 2. The number of anilines is 1. The second-order valence-corrected chi connectivity index (χ2v) is 13.2. The van der Waals surface area contributed by atoms with Gasteiger partial charge < -0.3 is 19.7 Å². The number of nitro groups is 1. The maximum Gasteiger partial charge on any atom is 0.271 e. The predicted octanol–water partition coefficient (Wildman–Crippen LogP) is 4.47. The molecule has 0 heterocycles. The fourth-order valence-corrected chi connectivity index (χ4v) is 6.49. The number of methoxy groups -OCH3 is 2. The summed E-state index contributed by atoms with van der Waals surface area (Å²) in [6.45, 7) is -0.766. The molecule has 0 radical (unpaired) electrons. The second-order valence-electron chi connectivity index (χ2n) is 11.3. The van der Waals surface area contributed by atoms with E-state index in [4.69, 9.17) is 9.47 Å². The van der Waals surface area contributed by atoms with Crippen LogP contribution in [0.3, 0.4) is 0 Å². The number of nitrogens with one attached hydrogen (secondary N) is 1. The number of hydrogen-bond acceptors (Lipinski definition) is 8. The number of nitrogens with zero attached hydrogens (tertiary/aromatic N) is 3. The molecule has 2 amide bonds. The van der Waals surface area contributed by atoms with Gasteiger partial charge in [0.1, 0.15) is 29.8 Å². The van der Waals surface area contributed by atoms with Gasteiger partial charge in [-0.15, -0.1) is 0 Å². The maximum absolute atomic E-state index is 14.4. The van der Waals surface area contributed by atoms with Crippen LogP contribution < -0.4 is 19.1 Å². The molecule has 0 saturated heterocycles. The highest BCUT2D eigenvalue weighted by atomic mass is 32.2. The number of amides is 2. The molecule has 4 rings (SSSR count). The Balaban J connectivity index is 1.79. The Morgan fingerprint density at radius 2 is 1.65 bits per heavy atom. The van der Waals surface area contributed by atoms with Crippen molar-refractivity contribution >= 4 is 33.2 Å². The summed E-state index contributed by atoms with van der Waals surface area (Å²) >= 11 is 0. The van der Waals surface area contributed by atoms with Crippen molar-refractivity contribution in [2.45, 2.75) is 57.2 Å². The van der Waals surface area contributed by atoms with Gasteiger partial charge in [0.2, 0.25) is 21.8 Å². The minimum absolute atomic E-state index is 0.0269. The maximum atomic E-state index is 14.4. The molecule has 0 spiro atoms. The van der Waals surface area contributed by atoms with Gasteiger partial charge in [0.05, 0.1) is 25.4 Å². The van der Waals surface area contributed by atoms with Crippen molar-refractivity contribution in [3.8, 4) is 11.5 Å². The van der Waals surface area contributed by atoms with Crippen molar-refractivity contribution in [3.05, 3.63) is 94.0 Å². The lowest BCUT2D eigenvalue weighted by Crippen LogP contribution is -2.55. The van der Waals surface area contributed by atoms with Crippen molar-refractivity contribution in [1.29, 1.82) is 0 Å². The van der Waals surface area contributed by atoms with Crippen LogP contribution in [0.25, 0.3) is 0 Å². The van der Waals surface area contributed by atoms with E-state index < -0.39 is 33.4 Å². The van der Waals surface area contributed by atoms with E-state index >= 15 is 0 Å². The zero-order chi connectivity index (χ0) is 33.3. The molecule has 246 valence electrons. The fourth-order valence-electron chi connectivity index (χ4n) is 5.65. The van der Waals surface area contributed by atoms with Gasteiger partial charge >= 0.3 is 0 Å². The van der Waals surface area contributed by atoms with Crippen LogP contribution in [0.5, 0.6) is 11.5 Å².